The lowest BCUT2D eigenvalue weighted by molar-refractivity contribution is 0.411. The van der Waals surface area contributed by atoms with Gasteiger partial charge in [0.2, 0.25) is 0 Å². The van der Waals surface area contributed by atoms with Crippen molar-refractivity contribution in [2.45, 2.75) is 18.4 Å². The number of nitrogens with two attached hydrogens (primary N) is 1. The Bertz CT molecular complexity index is 570. The number of hydrogen-bond acceptors (Lipinski definition) is 3. The largest absolute Gasteiger partial charge is 0.497 e. The van der Waals surface area contributed by atoms with Gasteiger partial charge in [-0.3, -0.25) is 11.3 Å². The molecule has 0 aliphatic heterocycles. The van der Waals surface area contributed by atoms with E-state index in [1.807, 2.05) is 12.1 Å². The lowest BCUT2D eigenvalue weighted by Crippen LogP contribution is -2.29. The van der Waals surface area contributed by atoms with Crippen molar-refractivity contribution >= 4 is 0 Å². The molecule has 3 atom stereocenters. The number of nitrogens with one attached hydrogen (secondary N) is 1. The fourth-order valence-corrected chi connectivity index (χ4v) is 2.97. The van der Waals surface area contributed by atoms with E-state index in [1.165, 1.54) is 17.5 Å². The highest BCUT2D eigenvalue weighted by Crippen LogP contribution is 2.53. The molecule has 0 amide bonds. The quantitative estimate of drug-likeness (QED) is 0.647. The Morgan fingerprint density at radius 1 is 1.15 bits per heavy atom. The van der Waals surface area contributed by atoms with Crippen LogP contribution in [0.2, 0.25) is 0 Å². The molecule has 0 saturated heterocycles. The van der Waals surface area contributed by atoms with Gasteiger partial charge in [-0.2, -0.15) is 0 Å². The Hall–Kier alpha value is -1.84. The first-order valence-corrected chi connectivity index (χ1v) is 6.98. The molecule has 0 spiro atoms. The first-order valence-electron chi connectivity index (χ1n) is 6.98. The first-order chi connectivity index (χ1) is 9.83. The van der Waals surface area contributed by atoms with Crippen molar-refractivity contribution in [3.05, 3.63) is 65.7 Å². The molecule has 3 nitrogen and oxygen atoms in total. The number of hydrogen-bond donors (Lipinski definition) is 2. The zero-order valence-electron chi connectivity index (χ0n) is 11.6. The van der Waals surface area contributed by atoms with Crippen LogP contribution >= 0.6 is 0 Å². The molecule has 104 valence electrons. The van der Waals surface area contributed by atoms with Crippen molar-refractivity contribution in [2.75, 3.05) is 7.11 Å². The van der Waals surface area contributed by atoms with E-state index in [2.05, 4.69) is 47.9 Å². The summed E-state index contributed by atoms with van der Waals surface area (Å²) >= 11 is 0. The summed E-state index contributed by atoms with van der Waals surface area (Å²) < 4.78 is 5.29. The van der Waals surface area contributed by atoms with Crippen LogP contribution in [0.1, 0.15) is 29.5 Å². The van der Waals surface area contributed by atoms with E-state index in [4.69, 9.17) is 10.6 Å². The zero-order chi connectivity index (χ0) is 13.9. The lowest BCUT2D eigenvalue weighted by atomic mass is 9.99. The normalized spacial score (nSPS) is 22.3. The molecule has 2 aromatic carbocycles. The van der Waals surface area contributed by atoms with E-state index in [9.17, 15) is 0 Å². The minimum atomic E-state index is 0.176. The first kappa shape index (κ1) is 13.2. The van der Waals surface area contributed by atoms with Crippen LogP contribution in [-0.4, -0.2) is 7.11 Å². The monoisotopic (exact) mass is 268 g/mol. The highest BCUT2D eigenvalue weighted by Gasteiger charge is 2.44. The van der Waals surface area contributed by atoms with Gasteiger partial charge in [-0.05, 0) is 41.5 Å². The van der Waals surface area contributed by atoms with Crippen molar-refractivity contribution < 1.29 is 4.74 Å². The van der Waals surface area contributed by atoms with E-state index in [-0.39, 0.29) is 6.04 Å². The highest BCUT2D eigenvalue weighted by molar-refractivity contribution is 5.34. The van der Waals surface area contributed by atoms with Gasteiger partial charge in [-0.15, -0.1) is 0 Å². The molecule has 3 rings (SSSR count). The zero-order valence-corrected chi connectivity index (χ0v) is 11.6. The Morgan fingerprint density at radius 3 is 2.65 bits per heavy atom. The van der Waals surface area contributed by atoms with Gasteiger partial charge in [0.1, 0.15) is 5.75 Å². The van der Waals surface area contributed by atoms with Crippen molar-refractivity contribution in [3.63, 3.8) is 0 Å². The third kappa shape index (κ3) is 2.55. The van der Waals surface area contributed by atoms with E-state index in [0.717, 1.165) is 5.75 Å². The summed E-state index contributed by atoms with van der Waals surface area (Å²) in [7, 11) is 1.69. The number of ether oxygens (including phenoxy) is 1. The molecule has 3 heteroatoms. The molecule has 3 unspecified atom stereocenters. The van der Waals surface area contributed by atoms with Crippen LogP contribution in [0.25, 0.3) is 0 Å². The summed E-state index contributed by atoms with van der Waals surface area (Å²) in [6.45, 7) is 0. The second-order valence-corrected chi connectivity index (χ2v) is 5.34. The molecule has 1 saturated carbocycles. The van der Waals surface area contributed by atoms with Gasteiger partial charge in [0.15, 0.2) is 0 Å². The molecule has 0 aromatic heterocycles. The Balaban J connectivity index is 1.78. The molecule has 3 N–H and O–H groups in total. The summed E-state index contributed by atoms with van der Waals surface area (Å²) in [5, 5.41) is 0. The maximum absolute atomic E-state index is 5.79. The minimum Gasteiger partial charge on any atom is -0.497 e. The van der Waals surface area contributed by atoms with Crippen LogP contribution in [0, 0.1) is 5.92 Å². The summed E-state index contributed by atoms with van der Waals surface area (Å²) in [4.78, 5) is 0. The molecular weight excluding hydrogens is 248 g/mol. The Labute approximate surface area is 119 Å². The van der Waals surface area contributed by atoms with Crippen LogP contribution in [0.15, 0.2) is 54.6 Å². The Kier molecular flexibility index (Phi) is 3.72. The van der Waals surface area contributed by atoms with Gasteiger partial charge in [0, 0.05) is 6.04 Å². The molecule has 20 heavy (non-hydrogen) atoms. The number of benzene rings is 2. The maximum atomic E-state index is 5.79. The second kappa shape index (κ2) is 5.65. The molecule has 2 aromatic rings. The summed E-state index contributed by atoms with van der Waals surface area (Å²) in [5.74, 6) is 7.81. The molecule has 0 heterocycles. The molecule has 1 fully saturated rings. The van der Waals surface area contributed by atoms with E-state index >= 15 is 0 Å². The van der Waals surface area contributed by atoms with Gasteiger partial charge in [0.05, 0.1) is 7.11 Å². The van der Waals surface area contributed by atoms with Gasteiger partial charge in [-0.1, -0.05) is 42.5 Å². The number of methoxy groups -OCH3 is 1. The van der Waals surface area contributed by atoms with Crippen molar-refractivity contribution in [1.29, 1.82) is 0 Å². The summed E-state index contributed by atoms with van der Waals surface area (Å²) in [6, 6.07) is 19.0. The average molecular weight is 268 g/mol. The minimum absolute atomic E-state index is 0.176. The fourth-order valence-electron chi connectivity index (χ4n) is 2.97. The lowest BCUT2D eigenvalue weighted by Gasteiger charge is -2.17. The summed E-state index contributed by atoms with van der Waals surface area (Å²) in [5.41, 5.74) is 5.57. The second-order valence-electron chi connectivity index (χ2n) is 5.34. The number of hydrazine groups is 1. The van der Waals surface area contributed by atoms with Crippen LogP contribution < -0.4 is 16.0 Å². The molecular formula is C17H20N2O. The van der Waals surface area contributed by atoms with Crippen molar-refractivity contribution in [1.82, 2.24) is 5.43 Å². The van der Waals surface area contributed by atoms with Crippen molar-refractivity contribution in [2.24, 2.45) is 11.8 Å². The van der Waals surface area contributed by atoms with E-state index < -0.39 is 0 Å². The molecule has 1 aliphatic carbocycles. The molecule has 1 aliphatic rings. The topological polar surface area (TPSA) is 47.3 Å². The van der Waals surface area contributed by atoms with Gasteiger partial charge in [-0.25, -0.2) is 0 Å². The molecule has 0 bridgehead atoms. The van der Waals surface area contributed by atoms with E-state index in [1.54, 1.807) is 7.11 Å². The molecule has 0 radical (unpaired) electrons. The third-order valence-corrected chi connectivity index (χ3v) is 4.13. The van der Waals surface area contributed by atoms with Crippen molar-refractivity contribution in [3.8, 4) is 5.75 Å². The number of rotatable bonds is 5. The standard InChI is InChI=1S/C17H20N2O/c1-20-14-9-5-8-13(10-14)17(19-18)16-11-15(16)12-6-3-2-4-7-12/h2-10,15-17,19H,11,18H2,1H3. The van der Waals surface area contributed by atoms with E-state index in [0.29, 0.717) is 11.8 Å². The van der Waals surface area contributed by atoms with Gasteiger partial charge in [0.25, 0.3) is 0 Å². The van der Waals surface area contributed by atoms with Gasteiger partial charge >= 0.3 is 0 Å². The van der Waals surface area contributed by atoms with Gasteiger partial charge < -0.3 is 4.74 Å². The maximum Gasteiger partial charge on any atom is 0.119 e. The highest BCUT2D eigenvalue weighted by atomic mass is 16.5. The Morgan fingerprint density at radius 2 is 1.95 bits per heavy atom. The van der Waals surface area contributed by atoms with Crippen LogP contribution in [-0.2, 0) is 0 Å². The smallest absolute Gasteiger partial charge is 0.119 e. The van der Waals surface area contributed by atoms with Crippen LogP contribution in [0.5, 0.6) is 5.75 Å². The summed E-state index contributed by atoms with van der Waals surface area (Å²) in [6.07, 6.45) is 1.18. The van der Waals surface area contributed by atoms with Crippen LogP contribution in [0.3, 0.4) is 0 Å². The average Bonchev–Trinajstić information content (AvgIpc) is 3.30. The SMILES string of the molecule is COc1cccc(C(NN)C2CC2c2ccccc2)c1. The predicted octanol–water partition coefficient (Wildman–Crippen LogP) is 3.00. The fraction of sp³-hybridized carbons (Fsp3) is 0.294. The predicted molar refractivity (Wildman–Crippen MR) is 80.3 cm³/mol. The third-order valence-electron chi connectivity index (χ3n) is 4.13. The van der Waals surface area contributed by atoms with Crippen LogP contribution in [0.4, 0.5) is 0 Å².